The van der Waals surface area contributed by atoms with Crippen LogP contribution < -0.4 is 5.32 Å². The first-order valence-electron chi connectivity index (χ1n) is 5.24. The number of halogens is 1. The van der Waals surface area contributed by atoms with Crippen molar-refractivity contribution in [1.29, 1.82) is 0 Å². The van der Waals surface area contributed by atoms with Gasteiger partial charge in [-0.15, -0.1) is 0 Å². The predicted molar refractivity (Wildman–Crippen MR) is 62.6 cm³/mol. The van der Waals surface area contributed by atoms with E-state index in [1.165, 1.54) is 12.1 Å². The SMILES string of the molecule is COCCC(C)Nc1ccc(F)cc1[N+](=O)[O-]. The molecular formula is C11H15FN2O3. The monoisotopic (exact) mass is 242 g/mol. The minimum Gasteiger partial charge on any atom is -0.385 e. The van der Waals surface area contributed by atoms with Crippen molar-refractivity contribution in [2.75, 3.05) is 19.0 Å². The molecule has 0 amide bonds. The predicted octanol–water partition coefficient (Wildman–Crippen LogP) is 2.57. The van der Waals surface area contributed by atoms with E-state index in [2.05, 4.69) is 5.32 Å². The average Bonchev–Trinajstić information content (AvgIpc) is 2.28. The molecule has 0 aromatic heterocycles. The standard InChI is InChI=1S/C11H15FN2O3/c1-8(5-6-17-2)13-10-4-3-9(12)7-11(10)14(15)16/h3-4,7-8,13H,5-6H2,1-2H3. The van der Waals surface area contributed by atoms with Crippen LogP contribution in [0, 0.1) is 15.9 Å². The van der Waals surface area contributed by atoms with Gasteiger partial charge in [0.15, 0.2) is 0 Å². The van der Waals surface area contributed by atoms with E-state index in [1.54, 1.807) is 7.11 Å². The number of nitrogens with one attached hydrogen (secondary N) is 1. The van der Waals surface area contributed by atoms with Crippen LogP contribution in [-0.2, 0) is 4.74 Å². The van der Waals surface area contributed by atoms with E-state index in [0.29, 0.717) is 18.7 Å². The molecule has 0 spiro atoms. The lowest BCUT2D eigenvalue weighted by atomic mass is 10.2. The minimum atomic E-state index is -0.619. The van der Waals surface area contributed by atoms with Crippen molar-refractivity contribution in [3.63, 3.8) is 0 Å². The van der Waals surface area contributed by atoms with E-state index in [9.17, 15) is 14.5 Å². The summed E-state index contributed by atoms with van der Waals surface area (Å²) >= 11 is 0. The lowest BCUT2D eigenvalue weighted by Crippen LogP contribution is -2.18. The molecular weight excluding hydrogens is 227 g/mol. The van der Waals surface area contributed by atoms with E-state index in [4.69, 9.17) is 4.74 Å². The first-order valence-corrected chi connectivity index (χ1v) is 5.24. The maximum atomic E-state index is 12.9. The Morgan fingerprint density at radius 2 is 2.29 bits per heavy atom. The third kappa shape index (κ3) is 3.99. The molecule has 94 valence electrons. The van der Waals surface area contributed by atoms with Gasteiger partial charge in [-0.05, 0) is 25.5 Å². The summed E-state index contributed by atoms with van der Waals surface area (Å²) < 4.78 is 17.8. The van der Waals surface area contributed by atoms with Gasteiger partial charge in [-0.1, -0.05) is 0 Å². The zero-order chi connectivity index (χ0) is 12.8. The molecule has 17 heavy (non-hydrogen) atoms. The number of rotatable bonds is 6. The first kappa shape index (κ1) is 13.4. The number of nitro benzene ring substituents is 1. The highest BCUT2D eigenvalue weighted by Crippen LogP contribution is 2.25. The second-order valence-corrected chi connectivity index (χ2v) is 3.75. The summed E-state index contributed by atoms with van der Waals surface area (Å²) in [5.74, 6) is -0.619. The third-order valence-corrected chi connectivity index (χ3v) is 2.31. The number of hydrogen-bond acceptors (Lipinski definition) is 4. The fourth-order valence-electron chi connectivity index (χ4n) is 1.41. The van der Waals surface area contributed by atoms with Crippen LogP contribution in [-0.4, -0.2) is 24.7 Å². The Balaban J connectivity index is 2.79. The topological polar surface area (TPSA) is 64.4 Å². The highest BCUT2D eigenvalue weighted by molar-refractivity contribution is 5.61. The molecule has 1 aromatic rings. The van der Waals surface area contributed by atoms with Gasteiger partial charge in [0.2, 0.25) is 0 Å². The summed E-state index contributed by atoms with van der Waals surface area (Å²) in [6.07, 6.45) is 0.713. The lowest BCUT2D eigenvalue weighted by Gasteiger charge is -2.14. The van der Waals surface area contributed by atoms with Crippen LogP contribution in [0.1, 0.15) is 13.3 Å². The van der Waals surface area contributed by atoms with Crippen molar-refractivity contribution in [3.8, 4) is 0 Å². The fourth-order valence-corrected chi connectivity index (χ4v) is 1.41. The van der Waals surface area contributed by atoms with Gasteiger partial charge in [0.1, 0.15) is 11.5 Å². The molecule has 0 aliphatic rings. The zero-order valence-corrected chi connectivity index (χ0v) is 9.77. The number of methoxy groups -OCH3 is 1. The van der Waals surface area contributed by atoms with Gasteiger partial charge >= 0.3 is 0 Å². The molecule has 1 N–H and O–H groups in total. The van der Waals surface area contributed by atoms with Crippen LogP contribution in [0.3, 0.4) is 0 Å². The largest absolute Gasteiger partial charge is 0.385 e. The van der Waals surface area contributed by atoms with Crippen LogP contribution in [0.4, 0.5) is 15.8 Å². The molecule has 0 fully saturated rings. The van der Waals surface area contributed by atoms with Crippen LogP contribution in [0.2, 0.25) is 0 Å². The molecule has 0 aliphatic carbocycles. The molecule has 1 aromatic carbocycles. The smallest absolute Gasteiger partial charge is 0.295 e. The van der Waals surface area contributed by atoms with Gasteiger partial charge in [0, 0.05) is 19.8 Å². The van der Waals surface area contributed by atoms with Gasteiger partial charge in [-0.25, -0.2) is 4.39 Å². The molecule has 1 atom stereocenters. The van der Waals surface area contributed by atoms with E-state index in [-0.39, 0.29) is 11.7 Å². The summed E-state index contributed by atoms with van der Waals surface area (Å²) in [7, 11) is 1.59. The van der Waals surface area contributed by atoms with Gasteiger partial charge in [0.05, 0.1) is 11.0 Å². The maximum absolute atomic E-state index is 12.9. The number of nitro groups is 1. The summed E-state index contributed by atoms with van der Waals surface area (Å²) in [4.78, 5) is 10.1. The maximum Gasteiger partial charge on any atom is 0.295 e. The number of benzene rings is 1. The first-order chi connectivity index (χ1) is 8.04. The third-order valence-electron chi connectivity index (χ3n) is 2.31. The van der Waals surface area contributed by atoms with Gasteiger partial charge in [-0.3, -0.25) is 10.1 Å². The highest BCUT2D eigenvalue weighted by Gasteiger charge is 2.16. The molecule has 0 saturated heterocycles. The molecule has 0 heterocycles. The second-order valence-electron chi connectivity index (χ2n) is 3.75. The summed E-state index contributed by atoms with van der Waals surface area (Å²) in [6, 6.07) is 3.49. The Kier molecular flexibility index (Phi) is 4.84. The highest BCUT2D eigenvalue weighted by atomic mass is 19.1. The molecule has 0 saturated carbocycles. The van der Waals surface area contributed by atoms with Crippen molar-refractivity contribution in [1.82, 2.24) is 0 Å². The van der Waals surface area contributed by atoms with Gasteiger partial charge in [0.25, 0.3) is 5.69 Å². The van der Waals surface area contributed by atoms with E-state index in [1.807, 2.05) is 6.92 Å². The van der Waals surface area contributed by atoms with Crippen LogP contribution in [0.25, 0.3) is 0 Å². The minimum absolute atomic E-state index is 0.0131. The molecule has 5 nitrogen and oxygen atoms in total. The Morgan fingerprint density at radius 3 is 2.88 bits per heavy atom. The molecule has 1 rings (SSSR count). The lowest BCUT2D eigenvalue weighted by molar-refractivity contribution is -0.384. The number of ether oxygens (including phenoxy) is 1. The molecule has 0 bridgehead atoms. The quantitative estimate of drug-likeness (QED) is 0.615. The molecule has 0 aliphatic heterocycles. The average molecular weight is 242 g/mol. The van der Waals surface area contributed by atoms with Crippen molar-refractivity contribution in [2.24, 2.45) is 0 Å². The zero-order valence-electron chi connectivity index (χ0n) is 9.77. The van der Waals surface area contributed by atoms with Gasteiger partial charge < -0.3 is 10.1 Å². The van der Waals surface area contributed by atoms with Crippen molar-refractivity contribution in [2.45, 2.75) is 19.4 Å². The van der Waals surface area contributed by atoms with Crippen LogP contribution in [0.15, 0.2) is 18.2 Å². The van der Waals surface area contributed by atoms with Crippen molar-refractivity contribution in [3.05, 3.63) is 34.1 Å². The normalized spacial score (nSPS) is 12.2. The number of nitrogens with zero attached hydrogens (tertiary/aromatic N) is 1. The Hall–Kier alpha value is -1.69. The Labute approximate surface area is 98.7 Å². The van der Waals surface area contributed by atoms with Crippen molar-refractivity contribution < 1.29 is 14.1 Å². The summed E-state index contributed by atoms with van der Waals surface area (Å²) in [5.41, 5.74) is 0.0641. The summed E-state index contributed by atoms with van der Waals surface area (Å²) in [5, 5.41) is 13.7. The van der Waals surface area contributed by atoms with Crippen LogP contribution in [0.5, 0.6) is 0 Å². The van der Waals surface area contributed by atoms with Gasteiger partial charge in [-0.2, -0.15) is 0 Å². The molecule has 6 heteroatoms. The molecule has 0 radical (unpaired) electrons. The fraction of sp³-hybridized carbons (Fsp3) is 0.455. The van der Waals surface area contributed by atoms with E-state index in [0.717, 1.165) is 6.07 Å². The van der Waals surface area contributed by atoms with E-state index < -0.39 is 10.7 Å². The van der Waals surface area contributed by atoms with Crippen LogP contribution >= 0.6 is 0 Å². The van der Waals surface area contributed by atoms with E-state index >= 15 is 0 Å². The number of anilines is 1. The molecule has 1 unspecified atom stereocenters. The Bertz CT molecular complexity index is 398. The second kappa shape index (κ2) is 6.15. The Morgan fingerprint density at radius 1 is 1.59 bits per heavy atom. The van der Waals surface area contributed by atoms with Crippen molar-refractivity contribution >= 4 is 11.4 Å². The summed E-state index contributed by atoms with van der Waals surface area (Å²) in [6.45, 7) is 2.44. The number of hydrogen-bond donors (Lipinski definition) is 1.